The SMILES string of the molecule is CCCc1c(C(=O)N2CCCC(O)C2)cnn1Cc1ccccc1. The minimum absolute atomic E-state index is 0.00323. The van der Waals surface area contributed by atoms with Crippen LogP contribution >= 0.6 is 0 Å². The maximum atomic E-state index is 12.9. The molecule has 24 heavy (non-hydrogen) atoms. The van der Waals surface area contributed by atoms with Gasteiger partial charge in [0, 0.05) is 13.1 Å². The van der Waals surface area contributed by atoms with E-state index in [1.807, 2.05) is 22.9 Å². The van der Waals surface area contributed by atoms with Gasteiger partial charge in [0.1, 0.15) is 0 Å². The minimum Gasteiger partial charge on any atom is -0.391 e. The highest BCUT2D eigenvalue weighted by atomic mass is 16.3. The van der Waals surface area contributed by atoms with Gasteiger partial charge >= 0.3 is 0 Å². The average Bonchev–Trinajstić information content (AvgIpc) is 2.98. The summed E-state index contributed by atoms with van der Waals surface area (Å²) in [6.45, 7) is 3.92. The number of hydrogen-bond acceptors (Lipinski definition) is 3. The Hall–Kier alpha value is -2.14. The fourth-order valence-corrected chi connectivity index (χ4v) is 3.29. The standard InChI is InChI=1S/C19H25N3O2/c1-2-7-18-17(19(24)21-11-6-10-16(23)14-21)12-20-22(18)13-15-8-4-3-5-9-15/h3-5,8-9,12,16,23H,2,6-7,10-11,13-14H2,1H3. The second kappa shape index (κ2) is 7.62. The second-order valence-corrected chi connectivity index (χ2v) is 6.45. The molecule has 1 aliphatic heterocycles. The molecule has 0 spiro atoms. The summed E-state index contributed by atoms with van der Waals surface area (Å²) < 4.78 is 1.94. The molecule has 2 aromatic rings. The van der Waals surface area contributed by atoms with Gasteiger partial charge in [-0.3, -0.25) is 9.48 Å². The van der Waals surface area contributed by atoms with Crippen LogP contribution in [0.15, 0.2) is 36.5 Å². The van der Waals surface area contributed by atoms with Crippen molar-refractivity contribution in [2.45, 2.75) is 45.3 Å². The topological polar surface area (TPSA) is 58.4 Å². The summed E-state index contributed by atoms with van der Waals surface area (Å²) in [6.07, 6.45) is 4.70. The Balaban J connectivity index is 1.84. The fraction of sp³-hybridized carbons (Fsp3) is 0.474. The maximum absolute atomic E-state index is 12.9. The fourth-order valence-electron chi connectivity index (χ4n) is 3.29. The molecular formula is C19H25N3O2. The summed E-state index contributed by atoms with van der Waals surface area (Å²) in [5.74, 6) is -0.00323. The van der Waals surface area contributed by atoms with Gasteiger partial charge in [0.15, 0.2) is 0 Å². The molecule has 5 nitrogen and oxygen atoms in total. The lowest BCUT2D eigenvalue weighted by Crippen LogP contribution is -2.42. The first-order valence-corrected chi connectivity index (χ1v) is 8.75. The number of carbonyl (C=O) groups excluding carboxylic acids is 1. The second-order valence-electron chi connectivity index (χ2n) is 6.45. The van der Waals surface area contributed by atoms with Crippen molar-refractivity contribution < 1.29 is 9.90 Å². The molecule has 0 saturated carbocycles. The van der Waals surface area contributed by atoms with Gasteiger partial charge < -0.3 is 10.0 Å². The van der Waals surface area contributed by atoms with Crippen LogP contribution in [0.2, 0.25) is 0 Å². The molecule has 1 N–H and O–H groups in total. The zero-order chi connectivity index (χ0) is 16.9. The third kappa shape index (κ3) is 3.67. The van der Waals surface area contributed by atoms with Gasteiger partial charge in [0.05, 0.1) is 30.1 Å². The van der Waals surface area contributed by atoms with E-state index in [0.29, 0.717) is 25.2 Å². The molecule has 0 radical (unpaired) electrons. The van der Waals surface area contributed by atoms with E-state index in [0.717, 1.165) is 31.4 Å². The van der Waals surface area contributed by atoms with Gasteiger partial charge in [-0.2, -0.15) is 5.10 Å². The van der Waals surface area contributed by atoms with E-state index in [2.05, 4.69) is 24.2 Å². The number of β-amino-alcohol motifs (C(OH)–C–C–N with tert-alkyl or cyclic N) is 1. The zero-order valence-corrected chi connectivity index (χ0v) is 14.2. The van der Waals surface area contributed by atoms with Crippen molar-refractivity contribution in [3.05, 3.63) is 53.3 Å². The highest BCUT2D eigenvalue weighted by molar-refractivity contribution is 5.95. The van der Waals surface area contributed by atoms with Gasteiger partial charge in [-0.1, -0.05) is 43.7 Å². The molecule has 1 atom stereocenters. The Morgan fingerprint density at radius 2 is 2.12 bits per heavy atom. The van der Waals surface area contributed by atoms with Crippen molar-refractivity contribution in [3.63, 3.8) is 0 Å². The number of aliphatic hydroxyl groups is 1. The third-order valence-electron chi connectivity index (χ3n) is 4.52. The zero-order valence-electron chi connectivity index (χ0n) is 14.2. The average molecular weight is 327 g/mol. The van der Waals surface area contributed by atoms with E-state index < -0.39 is 6.10 Å². The van der Waals surface area contributed by atoms with Crippen molar-refractivity contribution in [2.24, 2.45) is 0 Å². The van der Waals surface area contributed by atoms with E-state index in [-0.39, 0.29) is 5.91 Å². The monoisotopic (exact) mass is 327 g/mol. The van der Waals surface area contributed by atoms with Crippen LogP contribution in [0, 0.1) is 0 Å². The van der Waals surface area contributed by atoms with Gasteiger partial charge in [0.25, 0.3) is 5.91 Å². The Kier molecular flexibility index (Phi) is 5.30. The number of rotatable bonds is 5. The largest absolute Gasteiger partial charge is 0.391 e. The van der Waals surface area contributed by atoms with Crippen molar-refractivity contribution >= 4 is 5.91 Å². The lowest BCUT2D eigenvalue weighted by atomic mass is 10.1. The molecule has 1 saturated heterocycles. The molecule has 3 rings (SSSR count). The molecule has 1 aromatic heterocycles. The summed E-state index contributed by atoms with van der Waals surface area (Å²) in [5, 5.41) is 14.3. The molecule has 0 bridgehead atoms. The number of aliphatic hydroxyl groups excluding tert-OH is 1. The summed E-state index contributed by atoms with van der Waals surface area (Å²) in [7, 11) is 0. The Morgan fingerprint density at radius 1 is 1.33 bits per heavy atom. The molecule has 1 aromatic carbocycles. The normalized spacial score (nSPS) is 17.9. The number of benzene rings is 1. The Morgan fingerprint density at radius 3 is 2.83 bits per heavy atom. The van der Waals surface area contributed by atoms with Crippen LogP contribution in [0.3, 0.4) is 0 Å². The van der Waals surface area contributed by atoms with Gasteiger partial charge in [0.2, 0.25) is 0 Å². The molecule has 1 unspecified atom stereocenters. The summed E-state index contributed by atoms with van der Waals surface area (Å²) >= 11 is 0. The lowest BCUT2D eigenvalue weighted by Gasteiger charge is -2.30. The number of likely N-dealkylation sites (tertiary alicyclic amines) is 1. The number of piperidine rings is 1. The van der Waals surface area contributed by atoms with E-state index >= 15 is 0 Å². The van der Waals surface area contributed by atoms with Gasteiger partial charge in [-0.05, 0) is 24.8 Å². The summed E-state index contributed by atoms with van der Waals surface area (Å²) in [5.41, 5.74) is 2.85. The molecular weight excluding hydrogens is 302 g/mol. The molecule has 0 aliphatic carbocycles. The van der Waals surface area contributed by atoms with Crippen LogP contribution in [0.5, 0.6) is 0 Å². The first-order chi connectivity index (χ1) is 11.7. The van der Waals surface area contributed by atoms with Crippen LogP contribution < -0.4 is 0 Å². The van der Waals surface area contributed by atoms with Crippen molar-refractivity contribution in [2.75, 3.05) is 13.1 Å². The van der Waals surface area contributed by atoms with Crippen LogP contribution in [0.25, 0.3) is 0 Å². The van der Waals surface area contributed by atoms with Crippen molar-refractivity contribution in [1.82, 2.24) is 14.7 Å². The number of nitrogens with zero attached hydrogens (tertiary/aromatic N) is 3. The smallest absolute Gasteiger partial charge is 0.257 e. The lowest BCUT2D eigenvalue weighted by molar-refractivity contribution is 0.0472. The van der Waals surface area contributed by atoms with Crippen LogP contribution in [0.4, 0.5) is 0 Å². The molecule has 5 heteroatoms. The molecule has 1 aliphatic rings. The molecule has 128 valence electrons. The predicted octanol–water partition coefficient (Wildman–Crippen LogP) is 2.48. The molecule has 1 fully saturated rings. The molecule has 1 amide bonds. The minimum atomic E-state index is -0.406. The number of amides is 1. The maximum Gasteiger partial charge on any atom is 0.257 e. The van der Waals surface area contributed by atoms with Gasteiger partial charge in [-0.25, -0.2) is 0 Å². The first kappa shape index (κ1) is 16.7. The van der Waals surface area contributed by atoms with E-state index in [9.17, 15) is 9.90 Å². The number of hydrogen-bond donors (Lipinski definition) is 1. The summed E-state index contributed by atoms with van der Waals surface area (Å²) in [4.78, 5) is 14.6. The van der Waals surface area contributed by atoms with Crippen molar-refractivity contribution in [3.8, 4) is 0 Å². The quantitative estimate of drug-likeness (QED) is 0.918. The van der Waals surface area contributed by atoms with E-state index in [1.165, 1.54) is 5.56 Å². The Bertz CT molecular complexity index is 681. The first-order valence-electron chi connectivity index (χ1n) is 8.75. The number of aromatic nitrogens is 2. The van der Waals surface area contributed by atoms with Crippen LogP contribution in [-0.2, 0) is 13.0 Å². The van der Waals surface area contributed by atoms with Gasteiger partial charge in [-0.15, -0.1) is 0 Å². The van der Waals surface area contributed by atoms with Crippen LogP contribution in [0.1, 0.15) is 47.8 Å². The highest BCUT2D eigenvalue weighted by Gasteiger charge is 2.26. The highest BCUT2D eigenvalue weighted by Crippen LogP contribution is 2.19. The van der Waals surface area contributed by atoms with E-state index in [1.54, 1.807) is 11.1 Å². The number of carbonyl (C=O) groups is 1. The van der Waals surface area contributed by atoms with E-state index in [4.69, 9.17) is 0 Å². The summed E-state index contributed by atoms with van der Waals surface area (Å²) in [6, 6.07) is 10.2. The van der Waals surface area contributed by atoms with Crippen molar-refractivity contribution in [1.29, 1.82) is 0 Å². The van der Waals surface area contributed by atoms with Crippen LogP contribution in [-0.4, -0.2) is 44.9 Å². The Labute approximate surface area is 142 Å². The molecule has 2 heterocycles. The predicted molar refractivity (Wildman–Crippen MR) is 92.9 cm³/mol. The third-order valence-corrected chi connectivity index (χ3v) is 4.52.